The Morgan fingerprint density at radius 3 is 2.46 bits per heavy atom. The first kappa shape index (κ1) is 23.9. The van der Waals surface area contributed by atoms with Crippen LogP contribution in [0.15, 0.2) is 60.4 Å². The Morgan fingerprint density at radius 1 is 0.962 bits per heavy atom. The molecule has 0 saturated heterocycles. The molecule has 0 radical (unpaired) electrons. The first-order chi connectivity index (χ1) is 12.6. The summed E-state index contributed by atoms with van der Waals surface area (Å²) in [6.07, 6.45) is 23.1. The number of carboxylic acid groups (broad SMARTS) is 1. The van der Waals surface area contributed by atoms with Crippen LogP contribution in [0.5, 0.6) is 0 Å². The average Bonchev–Trinajstić information content (AvgIpc) is 2.60. The Hall–Kier alpha value is -2.07. The molecule has 0 aromatic rings. The van der Waals surface area contributed by atoms with Gasteiger partial charge in [-0.15, -0.1) is 0 Å². The van der Waals surface area contributed by atoms with Gasteiger partial charge in [0.25, 0.3) is 0 Å². The van der Waals surface area contributed by atoms with E-state index in [2.05, 4.69) is 19.1 Å². The van der Waals surface area contributed by atoms with Gasteiger partial charge in [-0.25, -0.2) is 0 Å². The lowest BCUT2D eigenvalue weighted by atomic mass is 10.1. The summed E-state index contributed by atoms with van der Waals surface area (Å²) in [4.78, 5) is 10.4. The molecular formula is C22H34O4. The molecule has 0 bridgehead atoms. The predicted octanol–water partition coefficient (Wildman–Crippen LogP) is 5.63. The fourth-order valence-corrected chi connectivity index (χ4v) is 2.16. The van der Waals surface area contributed by atoms with Crippen LogP contribution >= 0.6 is 0 Å². The van der Waals surface area contributed by atoms with Crippen LogP contribution in [0.2, 0.25) is 0 Å². The van der Waals surface area contributed by atoms with E-state index >= 15 is 0 Å². The lowest BCUT2D eigenvalue weighted by molar-refractivity contribution is -0.137. The number of hydrogen-bond acceptors (Lipinski definition) is 3. The number of allylic oxidation sites excluding steroid dienone is 7. The van der Waals surface area contributed by atoms with Crippen molar-refractivity contribution in [2.45, 2.75) is 70.8 Å². The first-order valence-corrected chi connectivity index (χ1v) is 9.47. The SMILES string of the molecule is CC/C=C\C/C=C\CC(O)/C=C\C=C/CC(O)=CCCCCCC(=O)O. The van der Waals surface area contributed by atoms with Gasteiger partial charge >= 0.3 is 5.97 Å². The van der Waals surface area contributed by atoms with Gasteiger partial charge in [0.15, 0.2) is 0 Å². The molecule has 3 N–H and O–H groups in total. The molecule has 26 heavy (non-hydrogen) atoms. The first-order valence-electron chi connectivity index (χ1n) is 9.47. The van der Waals surface area contributed by atoms with E-state index in [0.29, 0.717) is 25.0 Å². The van der Waals surface area contributed by atoms with Crippen LogP contribution in [0.4, 0.5) is 0 Å². The van der Waals surface area contributed by atoms with E-state index in [1.54, 1.807) is 18.2 Å². The number of hydrogen-bond donors (Lipinski definition) is 3. The molecule has 0 aliphatic rings. The average molecular weight is 363 g/mol. The van der Waals surface area contributed by atoms with E-state index < -0.39 is 12.1 Å². The van der Waals surface area contributed by atoms with Crippen molar-refractivity contribution in [1.29, 1.82) is 0 Å². The van der Waals surface area contributed by atoms with E-state index in [4.69, 9.17) is 5.11 Å². The topological polar surface area (TPSA) is 77.8 Å². The summed E-state index contributed by atoms with van der Waals surface area (Å²) in [7, 11) is 0. The molecule has 0 heterocycles. The largest absolute Gasteiger partial charge is 0.512 e. The van der Waals surface area contributed by atoms with Crippen LogP contribution in [0.25, 0.3) is 0 Å². The van der Waals surface area contributed by atoms with Crippen LogP contribution in [-0.2, 0) is 4.79 Å². The molecule has 0 fully saturated rings. The van der Waals surface area contributed by atoms with E-state index in [0.717, 1.165) is 32.1 Å². The highest BCUT2D eigenvalue weighted by molar-refractivity contribution is 5.66. The van der Waals surface area contributed by atoms with Crippen LogP contribution in [0.3, 0.4) is 0 Å². The van der Waals surface area contributed by atoms with Crippen molar-refractivity contribution in [2.75, 3.05) is 0 Å². The number of aliphatic carboxylic acids is 1. The van der Waals surface area contributed by atoms with E-state index in [9.17, 15) is 15.0 Å². The summed E-state index contributed by atoms with van der Waals surface area (Å²) < 4.78 is 0. The molecular weight excluding hydrogens is 328 g/mol. The van der Waals surface area contributed by atoms with Crippen molar-refractivity contribution in [3.05, 3.63) is 60.4 Å². The number of aliphatic hydroxyl groups is 2. The predicted molar refractivity (Wildman–Crippen MR) is 108 cm³/mol. The summed E-state index contributed by atoms with van der Waals surface area (Å²) in [5, 5.41) is 28.1. The van der Waals surface area contributed by atoms with Crippen LogP contribution in [0.1, 0.15) is 64.7 Å². The van der Waals surface area contributed by atoms with Crippen molar-refractivity contribution in [3.63, 3.8) is 0 Å². The second-order valence-electron chi connectivity index (χ2n) is 6.10. The molecule has 0 aliphatic heterocycles. The fourth-order valence-electron chi connectivity index (χ4n) is 2.16. The van der Waals surface area contributed by atoms with E-state index in [1.165, 1.54) is 0 Å². The fraction of sp³-hybridized carbons (Fsp3) is 0.500. The molecule has 0 aliphatic carbocycles. The quantitative estimate of drug-likeness (QED) is 0.153. The highest BCUT2D eigenvalue weighted by atomic mass is 16.4. The van der Waals surface area contributed by atoms with Crippen molar-refractivity contribution in [2.24, 2.45) is 0 Å². The lowest BCUT2D eigenvalue weighted by Crippen LogP contribution is -1.98. The third-order valence-electron chi connectivity index (χ3n) is 3.60. The number of unbranched alkanes of at least 4 members (excludes halogenated alkanes) is 3. The number of rotatable bonds is 15. The van der Waals surface area contributed by atoms with Gasteiger partial charge in [0.1, 0.15) is 0 Å². The smallest absolute Gasteiger partial charge is 0.303 e. The third-order valence-corrected chi connectivity index (χ3v) is 3.60. The Bertz CT molecular complexity index is 498. The maximum Gasteiger partial charge on any atom is 0.303 e. The lowest BCUT2D eigenvalue weighted by Gasteiger charge is -1.99. The minimum atomic E-state index is -0.758. The van der Waals surface area contributed by atoms with E-state index in [-0.39, 0.29) is 6.42 Å². The zero-order chi connectivity index (χ0) is 19.5. The van der Waals surface area contributed by atoms with Gasteiger partial charge in [-0.2, -0.15) is 0 Å². The molecule has 146 valence electrons. The molecule has 4 nitrogen and oxygen atoms in total. The van der Waals surface area contributed by atoms with Crippen molar-refractivity contribution >= 4 is 5.97 Å². The van der Waals surface area contributed by atoms with Crippen LogP contribution < -0.4 is 0 Å². The maximum atomic E-state index is 10.4. The van der Waals surface area contributed by atoms with Gasteiger partial charge in [0.2, 0.25) is 0 Å². The highest BCUT2D eigenvalue weighted by Gasteiger charge is 1.96. The Balaban J connectivity index is 3.81. The molecule has 4 heteroatoms. The van der Waals surface area contributed by atoms with Crippen molar-refractivity contribution in [3.8, 4) is 0 Å². The van der Waals surface area contributed by atoms with Gasteiger partial charge in [0, 0.05) is 12.8 Å². The molecule has 0 rings (SSSR count). The molecule has 0 aromatic heterocycles. The zero-order valence-corrected chi connectivity index (χ0v) is 15.9. The molecule has 1 unspecified atom stereocenters. The summed E-state index contributed by atoms with van der Waals surface area (Å²) in [6, 6.07) is 0. The normalized spacial score (nSPS) is 14.3. The Labute approximate surface area is 157 Å². The highest BCUT2D eigenvalue weighted by Crippen LogP contribution is 2.07. The summed E-state index contributed by atoms with van der Waals surface area (Å²) in [5.41, 5.74) is 0. The summed E-state index contributed by atoms with van der Waals surface area (Å²) in [6.45, 7) is 2.10. The second kappa shape index (κ2) is 17.7. The van der Waals surface area contributed by atoms with Crippen LogP contribution in [0, 0.1) is 0 Å². The Kier molecular flexibility index (Phi) is 16.3. The molecule has 0 spiro atoms. The maximum absolute atomic E-state index is 10.4. The van der Waals surface area contributed by atoms with Gasteiger partial charge in [-0.3, -0.25) is 4.79 Å². The van der Waals surface area contributed by atoms with E-state index in [1.807, 2.05) is 24.3 Å². The van der Waals surface area contributed by atoms with Gasteiger partial charge in [-0.05, 0) is 44.6 Å². The molecule has 0 aromatic carbocycles. The standard InChI is InChI=1S/C22H34O4/c1-2-3-4-5-6-10-15-20(23)17-12-9-13-18-21(24)16-11-7-8-14-19-22(25)26/h3-4,6,9-10,12-13,16-17,20,23-24H,2,5,7-8,11,14-15,18-19H2,1H3,(H,25,26)/b4-3-,10-6-,13-9-,17-12-,21-16?. The molecule has 1 atom stereocenters. The van der Waals surface area contributed by atoms with Crippen molar-refractivity contribution in [1.82, 2.24) is 0 Å². The monoisotopic (exact) mass is 362 g/mol. The summed E-state index contributed by atoms with van der Waals surface area (Å²) in [5.74, 6) is -0.441. The van der Waals surface area contributed by atoms with Crippen LogP contribution in [-0.4, -0.2) is 27.4 Å². The van der Waals surface area contributed by atoms with Gasteiger partial charge in [-0.1, -0.05) is 62.0 Å². The van der Waals surface area contributed by atoms with Gasteiger partial charge < -0.3 is 15.3 Å². The number of carbonyl (C=O) groups is 1. The number of aliphatic hydroxyl groups excluding tert-OH is 2. The molecule has 0 amide bonds. The molecule has 0 saturated carbocycles. The summed E-state index contributed by atoms with van der Waals surface area (Å²) >= 11 is 0. The number of carboxylic acids is 1. The zero-order valence-electron chi connectivity index (χ0n) is 15.9. The van der Waals surface area contributed by atoms with Gasteiger partial charge in [0.05, 0.1) is 11.9 Å². The second-order valence-corrected chi connectivity index (χ2v) is 6.10. The third kappa shape index (κ3) is 18.3. The Morgan fingerprint density at radius 2 is 1.73 bits per heavy atom. The minimum Gasteiger partial charge on any atom is -0.512 e. The van der Waals surface area contributed by atoms with Crippen molar-refractivity contribution < 1.29 is 20.1 Å². The minimum absolute atomic E-state index is 0.211.